The molecule has 0 saturated heterocycles. The van der Waals surface area contributed by atoms with E-state index in [1.807, 2.05) is 13.8 Å². The van der Waals surface area contributed by atoms with Gasteiger partial charge in [0.2, 0.25) is 0 Å². The zero-order chi connectivity index (χ0) is 8.91. The van der Waals surface area contributed by atoms with Gasteiger partial charge >= 0.3 is 5.97 Å². The van der Waals surface area contributed by atoms with Gasteiger partial charge in [-0.3, -0.25) is 4.79 Å². The third-order valence-electron chi connectivity index (χ3n) is 1.14. The van der Waals surface area contributed by atoms with Crippen LogP contribution in [0.15, 0.2) is 0 Å². The zero-order valence-electron chi connectivity index (χ0n) is 7.11. The van der Waals surface area contributed by atoms with Gasteiger partial charge in [-0.15, -0.1) is 0 Å². The summed E-state index contributed by atoms with van der Waals surface area (Å²) in [5.74, 6) is -0.204. The molecule has 11 heavy (non-hydrogen) atoms. The van der Waals surface area contributed by atoms with Crippen molar-refractivity contribution in [3.8, 4) is 0 Å². The van der Waals surface area contributed by atoms with E-state index in [4.69, 9.17) is 16.5 Å². The molecule has 0 aliphatic carbocycles. The molecule has 4 heteroatoms. The van der Waals surface area contributed by atoms with Crippen LogP contribution >= 0.6 is 11.8 Å². The molecule has 0 heterocycles. The lowest BCUT2D eigenvalue weighted by Crippen LogP contribution is -2.38. The van der Waals surface area contributed by atoms with Crippen LogP contribution in [0, 0.1) is 0 Å². The Kier molecular flexibility index (Phi) is 4.45. The SMILES string of the molecule is CCC(=O)OCC(C)(C)NCl. The van der Waals surface area contributed by atoms with Crippen molar-refractivity contribution in [1.29, 1.82) is 0 Å². The third-order valence-corrected chi connectivity index (χ3v) is 1.65. The van der Waals surface area contributed by atoms with Crippen LogP contribution in [0.2, 0.25) is 0 Å². The molecule has 0 unspecified atom stereocenters. The molecule has 3 nitrogen and oxygen atoms in total. The number of carbonyl (C=O) groups excluding carboxylic acids is 1. The summed E-state index contributed by atoms with van der Waals surface area (Å²) in [6.07, 6.45) is 0.401. The molecule has 0 rings (SSSR count). The molecule has 0 aromatic rings. The average molecular weight is 180 g/mol. The van der Waals surface area contributed by atoms with Gasteiger partial charge in [0.15, 0.2) is 0 Å². The van der Waals surface area contributed by atoms with Crippen LogP contribution in [0.3, 0.4) is 0 Å². The predicted octanol–water partition coefficient (Wildman–Crippen LogP) is 1.46. The number of carbonyl (C=O) groups is 1. The van der Waals surface area contributed by atoms with Crippen LogP contribution in [-0.2, 0) is 9.53 Å². The monoisotopic (exact) mass is 179 g/mol. The van der Waals surface area contributed by atoms with Crippen molar-refractivity contribution in [2.24, 2.45) is 0 Å². The smallest absolute Gasteiger partial charge is 0.305 e. The van der Waals surface area contributed by atoms with Crippen LogP contribution < -0.4 is 4.84 Å². The summed E-state index contributed by atoms with van der Waals surface area (Å²) in [6.45, 7) is 5.75. The normalized spacial score (nSPS) is 11.3. The molecule has 0 atom stereocenters. The number of hydrogen-bond donors (Lipinski definition) is 1. The van der Waals surface area contributed by atoms with Gasteiger partial charge < -0.3 is 4.74 Å². The molecule has 0 aliphatic heterocycles. The molecule has 66 valence electrons. The fourth-order valence-corrected chi connectivity index (χ4v) is 0.445. The van der Waals surface area contributed by atoms with Gasteiger partial charge in [0.1, 0.15) is 6.61 Å². The Morgan fingerprint density at radius 1 is 1.64 bits per heavy atom. The molecular formula is C7H14ClNO2. The zero-order valence-corrected chi connectivity index (χ0v) is 7.86. The minimum atomic E-state index is -0.355. The molecule has 0 aromatic heterocycles. The highest BCUT2D eigenvalue weighted by Crippen LogP contribution is 2.03. The van der Waals surface area contributed by atoms with Crippen molar-refractivity contribution >= 4 is 17.7 Å². The van der Waals surface area contributed by atoms with E-state index in [0.717, 1.165) is 0 Å². The van der Waals surface area contributed by atoms with Gasteiger partial charge in [-0.1, -0.05) is 6.92 Å². The lowest BCUT2D eigenvalue weighted by atomic mass is 10.1. The second-order valence-electron chi connectivity index (χ2n) is 2.99. The highest BCUT2D eigenvalue weighted by Gasteiger charge is 2.17. The van der Waals surface area contributed by atoms with E-state index in [-0.39, 0.29) is 11.5 Å². The summed E-state index contributed by atoms with van der Waals surface area (Å²) in [7, 11) is 0. The quantitative estimate of drug-likeness (QED) is 0.525. The highest BCUT2D eigenvalue weighted by molar-refractivity contribution is 6.13. The Balaban J connectivity index is 3.61. The van der Waals surface area contributed by atoms with Gasteiger partial charge in [0.25, 0.3) is 0 Å². The standard InChI is InChI=1S/C7H14ClNO2/c1-4-6(10)11-5-7(2,3)9-8/h9H,4-5H2,1-3H3. The molecular weight excluding hydrogens is 166 g/mol. The van der Waals surface area contributed by atoms with Crippen molar-refractivity contribution < 1.29 is 9.53 Å². The minimum Gasteiger partial charge on any atom is -0.464 e. The number of halogens is 1. The second kappa shape index (κ2) is 4.57. The number of hydrogen-bond acceptors (Lipinski definition) is 3. The maximum atomic E-state index is 10.7. The summed E-state index contributed by atoms with van der Waals surface area (Å²) >= 11 is 5.38. The maximum Gasteiger partial charge on any atom is 0.305 e. The molecule has 0 spiro atoms. The van der Waals surface area contributed by atoms with Crippen molar-refractivity contribution in [2.45, 2.75) is 32.7 Å². The van der Waals surface area contributed by atoms with Crippen LogP contribution in [0.4, 0.5) is 0 Å². The molecule has 0 radical (unpaired) electrons. The summed E-state index contributed by atoms with van der Waals surface area (Å²) in [5.41, 5.74) is -0.355. The van der Waals surface area contributed by atoms with Crippen LogP contribution in [0.25, 0.3) is 0 Å². The summed E-state index contributed by atoms with van der Waals surface area (Å²) in [4.78, 5) is 13.2. The lowest BCUT2D eigenvalue weighted by Gasteiger charge is -2.21. The molecule has 0 saturated carbocycles. The highest BCUT2D eigenvalue weighted by atomic mass is 35.5. The van der Waals surface area contributed by atoms with Crippen LogP contribution in [-0.4, -0.2) is 18.1 Å². The molecule has 1 N–H and O–H groups in total. The molecule has 0 bridgehead atoms. The first-order valence-electron chi connectivity index (χ1n) is 3.55. The summed E-state index contributed by atoms with van der Waals surface area (Å²) in [5, 5.41) is 0. The molecule has 0 aliphatic rings. The topological polar surface area (TPSA) is 38.3 Å². The van der Waals surface area contributed by atoms with E-state index in [0.29, 0.717) is 13.0 Å². The summed E-state index contributed by atoms with van der Waals surface area (Å²) in [6, 6.07) is 0. The van der Waals surface area contributed by atoms with Crippen molar-refractivity contribution in [3.63, 3.8) is 0 Å². The summed E-state index contributed by atoms with van der Waals surface area (Å²) < 4.78 is 4.86. The van der Waals surface area contributed by atoms with Crippen molar-refractivity contribution in [2.75, 3.05) is 6.61 Å². The average Bonchev–Trinajstić information content (AvgIpc) is 2.00. The number of nitrogens with one attached hydrogen (secondary N) is 1. The van der Waals surface area contributed by atoms with Crippen molar-refractivity contribution in [3.05, 3.63) is 0 Å². The van der Waals surface area contributed by atoms with E-state index in [2.05, 4.69) is 4.84 Å². The van der Waals surface area contributed by atoms with E-state index < -0.39 is 0 Å². The Hall–Kier alpha value is -0.280. The predicted molar refractivity (Wildman–Crippen MR) is 44.3 cm³/mol. The maximum absolute atomic E-state index is 10.7. The first-order valence-corrected chi connectivity index (χ1v) is 3.93. The van der Waals surface area contributed by atoms with Gasteiger partial charge in [0, 0.05) is 6.42 Å². The van der Waals surface area contributed by atoms with Gasteiger partial charge in [-0.2, -0.15) is 0 Å². The fourth-order valence-electron chi connectivity index (χ4n) is 0.390. The van der Waals surface area contributed by atoms with Crippen LogP contribution in [0.1, 0.15) is 27.2 Å². The first-order chi connectivity index (χ1) is 5.02. The Labute approximate surface area is 72.2 Å². The molecule has 0 amide bonds. The Morgan fingerprint density at radius 2 is 2.18 bits per heavy atom. The van der Waals surface area contributed by atoms with Gasteiger partial charge in [0.05, 0.1) is 5.54 Å². The van der Waals surface area contributed by atoms with Crippen LogP contribution in [0.5, 0.6) is 0 Å². The Bertz CT molecular complexity index is 136. The minimum absolute atomic E-state index is 0.204. The molecule has 0 aromatic carbocycles. The number of rotatable bonds is 4. The van der Waals surface area contributed by atoms with Gasteiger partial charge in [-0.25, -0.2) is 4.84 Å². The Morgan fingerprint density at radius 3 is 2.55 bits per heavy atom. The lowest BCUT2D eigenvalue weighted by molar-refractivity contribution is -0.144. The van der Waals surface area contributed by atoms with E-state index in [1.165, 1.54) is 0 Å². The first kappa shape index (κ1) is 10.7. The van der Waals surface area contributed by atoms with E-state index >= 15 is 0 Å². The molecule has 0 fully saturated rings. The largest absolute Gasteiger partial charge is 0.464 e. The number of esters is 1. The van der Waals surface area contributed by atoms with Crippen molar-refractivity contribution in [1.82, 2.24) is 4.84 Å². The number of ether oxygens (including phenoxy) is 1. The van der Waals surface area contributed by atoms with Gasteiger partial charge in [-0.05, 0) is 25.6 Å². The van der Waals surface area contributed by atoms with E-state index in [9.17, 15) is 4.79 Å². The third kappa shape index (κ3) is 5.04. The van der Waals surface area contributed by atoms with E-state index in [1.54, 1.807) is 6.92 Å². The fraction of sp³-hybridized carbons (Fsp3) is 0.857. The second-order valence-corrected chi connectivity index (χ2v) is 3.18.